The van der Waals surface area contributed by atoms with Gasteiger partial charge in [0.15, 0.2) is 0 Å². The Balaban J connectivity index is 1.97. The fourth-order valence-corrected chi connectivity index (χ4v) is 3.03. The van der Waals surface area contributed by atoms with Crippen molar-refractivity contribution in [1.29, 1.82) is 0 Å². The van der Waals surface area contributed by atoms with Crippen LogP contribution in [-0.2, 0) is 10.2 Å². The van der Waals surface area contributed by atoms with Crippen LogP contribution < -0.4 is 0 Å². The maximum atomic E-state index is 11.8. The molecule has 1 N–H and O–H groups in total. The number of aliphatic carboxylic acids is 1. The quantitative estimate of drug-likeness (QED) is 0.835. The van der Waals surface area contributed by atoms with E-state index < -0.39 is 11.4 Å². The lowest BCUT2D eigenvalue weighted by molar-refractivity contribution is -0.143. The number of hydrogen-bond acceptors (Lipinski definition) is 3. The molecule has 0 bridgehead atoms. The van der Waals surface area contributed by atoms with Gasteiger partial charge >= 0.3 is 5.97 Å². The van der Waals surface area contributed by atoms with Gasteiger partial charge in [-0.1, -0.05) is 30.3 Å². The van der Waals surface area contributed by atoms with Crippen LogP contribution in [0.2, 0.25) is 0 Å². The van der Waals surface area contributed by atoms with Gasteiger partial charge in [-0.3, -0.25) is 4.79 Å². The van der Waals surface area contributed by atoms with Gasteiger partial charge in [0, 0.05) is 19.6 Å². The predicted octanol–water partition coefficient (Wildman–Crippen LogP) is 2.06. The first kappa shape index (κ1) is 16.0. The van der Waals surface area contributed by atoms with E-state index in [1.54, 1.807) is 0 Å². The Hall–Kier alpha value is -1.39. The largest absolute Gasteiger partial charge is 0.481 e. The second-order valence-electron chi connectivity index (χ2n) is 6.29. The van der Waals surface area contributed by atoms with Crippen molar-refractivity contribution in [3.8, 4) is 0 Å². The summed E-state index contributed by atoms with van der Waals surface area (Å²) in [5.74, 6) is -0.762. The molecule has 1 saturated heterocycles. The molecule has 1 aromatic rings. The van der Waals surface area contributed by atoms with Gasteiger partial charge in [-0.2, -0.15) is 0 Å². The molecule has 4 heteroatoms. The molecule has 1 aromatic carbocycles. The van der Waals surface area contributed by atoms with Crippen LogP contribution in [0.4, 0.5) is 0 Å². The number of carboxylic acid groups (broad SMARTS) is 1. The predicted molar refractivity (Wildman–Crippen MR) is 84.6 cm³/mol. The molecule has 0 spiro atoms. The van der Waals surface area contributed by atoms with E-state index in [1.165, 1.54) is 25.9 Å². The molecule has 0 aromatic heterocycles. The van der Waals surface area contributed by atoms with E-state index in [0.717, 1.165) is 18.7 Å². The molecule has 1 atom stereocenters. The van der Waals surface area contributed by atoms with Crippen molar-refractivity contribution in [2.75, 3.05) is 39.8 Å². The number of likely N-dealkylation sites (N-methyl/N-ethyl adjacent to an activating group) is 1. The molecule has 1 heterocycles. The smallest absolute Gasteiger partial charge is 0.315 e. The van der Waals surface area contributed by atoms with Crippen LogP contribution >= 0.6 is 0 Å². The van der Waals surface area contributed by atoms with Crippen LogP contribution in [0.3, 0.4) is 0 Å². The molecular weight excluding hydrogens is 264 g/mol. The van der Waals surface area contributed by atoms with Crippen molar-refractivity contribution in [2.45, 2.75) is 25.2 Å². The minimum atomic E-state index is -0.860. The third-order valence-electron chi connectivity index (χ3n) is 4.47. The zero-order valence-corrected chi connectivity index (χ0v) is 13.1. The fourth-order valence-electron chi connectivity index (χ4n) is 3.03. The molecule has 21 heavy (non-hydrogen) atoms. The molecule has 1 unspecified atom stereocenters. The Morgan fingerprint density at radius 3 is 2.48 bits per heavy atom. The fraction of sp³-hybridized carbons (Fsp3) is 0.588. The molecule has 116 valence electrons. The SMILES string of the molecule is CN(CCN1CCCC1)CC(C)(C(=O)O)c1ccccc1. The molecule has 0 radical (unpaired) electrons. The van der Waals surface area contributed by atoms with Crippen LogP contribution in [0.25, 0.3) is 0 Å². The van der Waals surface area contributed by atoms with Crippen LogP contribution in [0.5, 0.6) is 0 Å². The molecule has 4 nitrogen and oxygen atoms in total. The van der Waals surface area contributed by atoms with E-state index in [-0.39, 0.29) is 0 Å². The molecular formula is C17H26N2O2. The maximum absolute atomic E-state index is 11.8. The highest BCUT2D eigenvalue weighted by Crippen LogP contribution is 2.25. The Labute approximate surface area is 127 Å². The van der Waals surface area contributed by atoms with Crippen LogP contribution in [-0.4, -0.2) is 60.6 Å². The highest BCUT2D eigenvalue weighted by Gasteiger charge is 2.36. The first-order valence-electron chi connectivity index (χ1n) is 7.72. The molecule has 0 saturated carbocycles. The summed E-state index contributed by atoms with van der Waals surface area (Å²) < 4.78 is 0. The number of hydrogen-bond donors (Lipinski definition) is 1. The number of rotatable bonds is 7. The zero-order valence-electron chi connectivity index (χ0n) is 13.1. The Kier molecular flexibility index (Phi) is 5.37. The Morgan fingerprint density at radius 1 is 1.29 bits per heavy atom. The molecule has 0 aliphatic carbocycles. The summed E-state index contributed by atoms with van der Waals surface area (Å²) in [6.45, 7) is 6.65. The summed E-state index contributed by atoms with van der Waals surface area (Å²) in [4.78, 5) is 16.4. The Morgan fingerprint density at radius 2 is 1.90 bits per heavy atom. The molecule has 1 aliphatic heterocycles. The Bertz CT molecular complexity index is 457. The summed E-state index contributed by atoms with van der Waals surface area (Å²) in [5, 5.41) is 9.68. The third-order valence-corrected chi connectivity index (χ3v) is 4.47. The summed E-state index contributed by atoms with van der Waals surface area (Å²) in [5.41, 5.74) is 0.00612. The minimum absolute atomic E-state index is 0.528. The molecule has 2 rings (SSSR count). The third kappa shape index (κ3) is 4.05. The lowest BCUT2D eigenvalue weighted by Gasteiger charge is -2.31. The second-order valence-corrected chi connectivity index (χ2v) is 6.29. The normalized spacial score (nSPS) is 18.8. The van der Waals surface area contributed by atoms with Gasteiger partial charge in [-0.05, 0) is 45.5 Å². The van der Waals surface area contributed by atoms with Crippen molar-refractivity contribution in [3.05, 3.63) is 35.9 Å². The van der Waals surface area contributed by atoms with Crippen LogP contribution in [0.1, 0.15) is 25.3 Å². The van der Waals surface area contributed by atoms with Crippen LogP contribution in [0.15, 0.2) is 30.3 Å². The van der Waals surface area contributed by atoms with Gasteiger partial charge in [0.05, 0.1) is 0 Å². The monoisotopic (exact) mass is 290 g/mol. The van der Waals surface area contributed by atoms with Gasteiger partial charge in [-0.25, -0.2) is 0 Å². The highest BCUT2D eigenvalue weighted by atomic mass is 16.4. The minimum Gasteiger partial charge on any atom is -0.481 e. The summed E-state index contributed by atoms with van der Waals surface area (Å²) in [6, 6.07) is 9.54. The topological polar surface area (TPSA) is 43.8 Å². The van der Waals surface area contributed by atoms with Crippen molar-refractivity contribution in [1.82, 2.24) is 9.80 Å². The standard InChI is InChI=1S/C17H26N2O2/c1-17(16(20)21,15-8-4-3-5-9-15)14-18(2)12-13-19-10-6-7-11-19/h3-5,8-9H,6-7,10-14H2,1-2H3,(H,20,21). The summed E-state index contributed by atoms with van der Waals surface area (Å²) in [7, 11) is 2.01. The van der Waals surface area contributed by atoms with E-state index in [1.807, 2.05) is 44.3 Å². The van der Waals surface area contributed by atoms with Gasteiger partial charge < -0.3 is 14.9 Å². The van der Waals surface area contributed by atoms with Crippen molar-refractivity contribution >= 4 is 5.97 Å². The zero-order chi connectivity index (χ0) is 15.3. The number of carboxylic acids is 1. The van der Waals surface area contributed by atoms with E-state index in [9.17, 15) is 9.90 Å². The molecule has 1 fully saturated rings. The van der Waals surface area contributed by atoms with E-state index >= 15 is 0 Å². The van der Waals surface area contributed by atoms with Crippen molar-refractivity contribution in [2.24, 2.45) is 0 Å². The average Bonchev–Trinajstić information content (AvgIpc) is 2.99. The number of carbonyl (C=O) groups is 1. The second kappa shape index (κ2) is 7.05. The first-order valence-corrected chi connectivity index (χ1v) is 7.72. The molecule has 1 aliphatic rings. The molecule has 0 amide bonds. The summed E-state index contributed by atoms with van der Waals surface area (Å²) >= 11 is 0. The van der Waals surface area contributed by atoms with Crippen LogP contribution in [0, 0.1) is 0 Å². The van der Waals surface area contributed by atoms with E-state index in [0.29, 0.717) is 6.54 Å². The lowest BCUT2D eigenvalue weighted by atomic mass is 9.82. The van der Waals surface area contributed by atoms with Gasteiger partial charge in [0.25, 0.3) is 0 Å². The number of benzene rings is 1. The average molecular weight is 290 g/mol. The maximum Gasteiger partial charge on any atom is 0.315 e. The van der Waals surface area contributed by atoms with Gasteiger partial charge in [0.2, 0.25) is 0 Å². The van der Waals surface area contributed by atoms with E-state index in [4.69, 9.17) is 0 Å². The van der Waals surface area contributed by atoms with Crippen molar-refractivity contribution in [3.63, 3.8) is 0 Å². The summed E-state index contributed by atoms with van der Waals surface area (Å²) in [6.07, 6.45) is 2.58. The van der Waals surface area contributed by atoms with Crippen molar-refractivity contribution < 1.29 is 9.90 Å². The number of likely N-dealkylation sites (tertiary alicyclic amines) is 1. The van der Waals surface area contributed by atoms with E-state index in [2.05, 4.69) is 9.80 Å². The lowest BCUT2D eigenvalue weighted by Crippen LogP contribution is -2.45. The van der Waals surface area contributed by atoms with Gasteiger partial charge in [0.1, 0.15) is 5.41 Å². The number of nitrogens with zero attached hydrogens (tertiary/aromatic N) is 2. The highest BCUT2D eigenvalue weighted by molar-refractivity contribution is 5.81. The first-order chi connectivity index (χ1) is 10.0. The van der Waals surface area contributed by atoms with Gasteiger partial charge in [-0.15, -0.1) is 0 Å².